The number of carbonyl (C=O) groups is 1. The number of aromatic nitrogens is 2. The molecule has 64 valence electrons. The predicted molar refractivity (Wildman–Crippen MR) is 42.2 cm³/mol. The van der Waals surface area contributed by atoms with E-state index in [0.717, 1.165) is 18.5 Å². The number of imidazole rings is 1. The number of aryl methyl sites for hydroxylation is 1. The molecule has 1 fully saturated rings. The molecule has 1 aromatic heterocycles. The van der Waals surface area contributed by atoms with Crippen molar-refractivity contribution in [1.29, 1.82) is 0 Å². The number of rotatable bonds is 2. The van der Waals surface area contributed by atoms with Crippen LogP contribution in [-0.4, -0.2) is 20.6 Å². The maximum Gasteiger partial charge on any atom is 0.372 e. The van der Waals surface area contributed by atoms with Crippen LogP contribution in [0, 0.1) is 6.92 Å². The average molecular weight is 166 g/mol. The molecule has 1 heterocycles. The van der Waals surface area contributed by atoms with Crippen LogP contribution in [0.5, 0.6) is 0 Å². The highest BCUT2D eigenvalue weighted by atomic mass is 16.4. The molecule has 0 aliphatic heterocycles. The third-order valence-corrected chi connectivity index (χ3v) is 1.98. The van der Waals surface area contributed by atoms with Gasteiger partial charge in [0.25, 0.3) is 0 Å². The molecule has 1 N–H and O–H groups in total. The summed E-state index contributed by atoms with van der Waals surface area (Å²) in [6.45, 7) is 1.81. The highest BCUT2D eigenvalue weighted by molar-refractivity contribution is 5.83. The molecule has 0 bridgehead atoms. The number of hydrogen-bond donors (Lipinski definition) is 1. The van der Waals surface area contributed by atoms with Crippen LogP contribution in [0.15, 0.2) is 6.20 Å². The minimum Gasteiger partial charge on any atom is -0.475 e. The third kappa shape index (κ3) is 1.09. The van der Waals surface area contributed by atoms with Crippen LogP contribution >= 0.6 is 0 Å². The summed E-state index contributed by atoms with van der Waals surface area (Å²) >= 11 is 0. The van der Waals surface area contributed by atoms with E-state index in [1.54, 1.807) is 10.8 Å². The van der Waals surface area contributed by atoms with Crippen molar-refractivity contribution < 1.29 is 9.90 Å². The van der Waals surface area contributed by atoms with E-state index in [4.69, 9.17) is 5.11 Å². The predicted octanol–water partition coefficient (Wildman–Crippen LogP) is 1.22. The van der Waals surface area contributed by atoms with Crippen molar-refractivity contribution in [3.05, 3.63) is 17.7 Å². The zero-order valence-electron chi connectivity index (χ0n) is 6.82. The van der Waals surface area contributed by atoms with Crippen LogP contribution in [0.1, 0.15) is 35.2 Å². The topological polar surface area (TPSA) is 55.1 Å². The first-order valence-electron chi connectivity index (χ1n) is 3.97. The van der Waals surface area contributed by atoms with Crippen molar-refractivity contribution in [2.45, 2.75) is 25.8 Å². The molecule has 0 radical (unpaired) electrons. The van der Waals surface area contributed by atoms with E-state index in [1.165, 1.54) is 0 Å². The standard InChI is InChI=1S/C8H10N2O2/c1-5-4-10(6-2-3-6)7(9-5)8(11)12/h4,6H,2-3H2,1H3,(H,11,12). The van der Waals surface area contributed by atoms with Crippen molar-refractivity contribution in [2.24, 2.45) is 0 Å². The van der Waals surface area contributed by atoms with Crippen LogP contribution in [-0.2, 0) is 0 Å². The first-order valence-corrected chi connectivity index (χ1v) is 3.97. The van der Waals surface area contributed by atoms with E-state index in [2.05, 4.69) is 4.98 Å². The van der Waals surface area contributed by atoms with Gasteiger partial charge in [-0.05, 0) is 19.8 Å². The van der Waals surface area contributed by atoms with Gasteiger partial charge in [-0.1, -0.05) is 0 Å². The Morgan fingerprint density at radius 2 is 2.42 bits per heavy atom. The molecule has 0 amide bonds. The summed E-state index contributed by atoms with van der Waals surface area (Å²) in [7, 11) is 0. The minimum absolute atomic E-state index is 0.176. The lowest BCUT2D eigenvalue weighted by atomic mass is 10.5. The van der Waals surface area contributed by atoms with Crippen LogP contribution in [0.2, 0.25) is 0 Å². The molecule has 1 aromatic rings. The highest BCUT2D eigenvalue weighted by Gasteiger charge is 2.28. The molecule has 4 heteroatoms. The van der Waals surface area contributed by atoms with Crippen molar-refractivity contribution in [3.63, 3.8) is 0 Å². The number of carboxylic acids is 1. The van der Waals surface area contributed by atoms with Crippen molar-refractivity contribution in [2.75, 3.05) is 0 Å². The lowest BCUT2D eigenvalue weighted by Gasteiger charge is -1.99. The highest BCUT2D eigenvalue weighted by Crippen LogP contribution is 2.35. The fraction of sp³-hybridized carbons (Fsp3) is 0.500. The Kier molecular flexibility index (Phi) is 1.43. The first-order chi connectivity index (χ1) is 5.68. The number of hydrogen-bond acceptors (Lipinski definition) is 2. The summed E-state index contributed by atoms with van der Waals surface area (Å²) in [6.07, 6.45) is 3.97. The monoisotopic (exact) mass is 166 g/mol. The van der Waals surface area contributed by atoms with E-state index in [1.807, 2.05) is 6.92 Å². The van der Waals surface area contributed by atoms with Crippen LogP contribution in [0.3, 0.4) is 0 Å². The summed E-state index contributed by atoms with van der Waals surface area (Å²) in [5, 5.41) is 8.77. The Morgan fingerprint density at radius 1 is 1.75 bits per heavy atom. The van der Waals surface area contributed by atoms with Gasteiger partial charge in [-0.15, -0.1) is 0 Å². The van der Waals surface area contributed by atoms with Gasteiger partial charge in [-0.3, -0.25) is 0 Å². The molecular formula is C8H10N2O2. The molecule has 0 atom stereocenters. The van der Waals surface area contributed by atoms with Crippen LogP contribution in [0.4, 0.5) is 0 Å². The maximum atomic E-state index is 10.7. The normalized spacial score (nSPS) is 16.4. The third-order valence-electron chi connectivity index (χ3n) is 1.98. The molecule has 12 heavy (non-hydrogen) atoms. The van der Waals surface area contributed by atoms with Crippen molar-refractivity contribution in [1.82, 2.24) is 9.55 Å². The fourth-order valence-corrected chi connectivity index (χ4v) is 1.31. The zero-order valence-corrected chi connectivity index (χ0v) is 6.82. The molecule has 0 saturated heterocycles. The lowest BCUT2D eigenvalue weighted by Crippen LogP contribution is -2.07. The lowest BCUT2D eigenvalue weighted by molar-refractivity contribution is 0.0678. The SMILES string of the molecule is Cc1cn(C2CC2)c(C(=O)O)n1. The van der Waals surface area contributed by atoms with Crippen LogP contribution < -0.4 is 0 Å². The molecule has 1 aliphatic carbocycles. The van der Waals surface area contributed by atoms with Gasteiger partial charge >= 0.3 is 5.97 Å². The Bertz CT molecular complexity index is 326. The van der Waals surface area contributed by atoms with E-state index in [0.29, 0.717) is 6.04 Å². The second-order valence-corrected chi connectivity index (χ2v) is 3.15. The number of carboxylic acid groups (broad SMARTS) is 1. The molecular weight excluding hydrogens is 156 g/mol. The molecule has 1 saturated carbocycles. The Morgan fingerprint density at radius 3 is 2.92 bits per heavy atom. The molecule has 2 rings (SSSR count). The van der Waals surface area contributed by atoms with Gasteiger partial charge in [0.15, 0.2) is 0 Å². The van der Waals surface area contributed by atoms with Gasteiger partial charge in [-0.2, -0.15) is 0 Å². The molecule has 0 spiro atoms. The van der Waals surface area contributed by atoms with Gasteiger partial charge in [0.05, 0.1) is 5.69 Å². The molecule has 0 unspecified atom stereocenters. The van der Waals surface area contributed by atoms with Gasteiger partial charge < -0.3 is 9.67 Å². The molecule has 1 aliphatic rings. The second-order valence-electron chi connectivity index (χ2n) is 3.15. The van der Waals surface area contributed by atoms with E-state index in [-0.39, 0.29) is 5.82 Å². The molecule has 0 aromatic carbocycles. The van der Waals surface area contributed by atoms with E-state index >= 15 is 0 Å². The fourth-order valence-electron chi connectivity index (χ4n) is 1.31. The Balaban J connectivity index is 2.43. The summed E-state index contributed by atoms with van der Waals surface area (Å²) in [4.78, 5) is 14.6. The van der Waals surface area contributed by atoms with Crippen molar-refractivity contribution >= 4 is 5.97 Å². The van der Waals surface area contributed by atoms with Gasteiger partial charge in [0.1, 0.15) is 0 Å². The summed E-state index contributed by atoms with van der Waals surface area (Å²) in [6, 6.07) is 0.386. The molecule has 4 nitrogen and oxygen atoms in total. The second kappa shape index (κ2) is 2.33. The Hall–Kier alpha value is -1.32. The first kappa shape index (κ1) is 7.34. The smallest absolute Gasteiger partial charge is 0.372 e. The van der Waals surface area contributed by atoms with Gasteiger partial charge in [0, 0.05) is 12.2 Å². The quantitative estimate of drug-likeness (QED) is 0.718. The summed E-state index contributed by atoms with van der Waals surface area (Å²) in [5.41, 5.74) is 0.777. The Labute approximate surface area is 69.8 Å². The zero-order chi connectivity index (χ0) is 8.72. The van der Waals surface area contributed by atoms with E-state index < -0.39 is 5.97 Å². The number of aromatic carboxylic acids is 1. The largest absolute Gasteiger partial charge is 0.475 e. The minimum atomic E-state index is -0.935. The number of nitrogens with zero attached hydrogens (tertiary/aromatic N) is 2. The van der Waals surface area contributed by atoms with Gasteiger partial charge in [-0.25, -0.2) is 9.78 Å². The van der Waals surface area contributed by atoms with E-state index in [9.17, 15) is 4.79 Å². The van der Waals surface area contributed by atoms with Crippen molar-refractivity contribution in [3.8, 4) is 0 Å². The summed E-state index contributed by atoms with van der Waals surface area (Å²) < 4.78 is 1.76. The average Bonchev–Trinajstić information content (AvgIpc) is 2.75. The maximum absolute atomic E-state index is 10.7. The van der Waals surface area contributed by atoms with Crippen LogP contribution in [0.25, 0.3) is 0 Å². The van der Waals surface area contributed by atoms with Gasteiger partial charge in [0.2, 0.25) is 5.82 Å². The summed E-state index contributed by atoms with van der Waals surface area (Å²) in [5.74, 6) is -0.759.